The largest absolute Gasteiger partial charge is 0.315 e. The Bertz CT molecular complexity index is 365. The maximum Gasteiger partial charge on any atom is 0.0669 e. The first kappa shape index (κ1) is 13.7. The molecule has 1 N–H and O–H groups in total. The van der Waals surface area contributed by atoms with E-state index in [9.17, 15) is 0 Å². The van der Waals surface area contributed by atoms with Crippen LogP contribution in [0.25, 0.3) is 0 Å². The van der Waals surface area contributed by atoms with Crippen LogP contribution in [0.1, 0.15) is 32.8 Å². The normalized spacial score (nSPS) is 13.1. The molecule has 0 amide bonds. The van der Waals surface area contributed by atoms with Gasteiger partial charge in [-0.2, -0.15) is 5.26 Å². The van der Waals surface area contributed by atoms with E-state index in [1.165, 1.54) is 5.56 Å². The summed E-state index contributed by atoms with van der Waals surface area (Å²) in [6.07, 6.45) is 4.54. The second kappa shape index (κ2) is 6.36. The van der Waals surface area contributed by atoms with Crippen LogP contribution in [0, 0.1) is 17.2 Å². The fourth-order valence-electron chi connectivity index (χ4n) is 1.75. The molecule has 3 heteroatoms. The number of nitrogens with zero attached hydrogens (tertiary/aromatic N) is 2. The molecule has 1 heterocycles. The van der Waals surface area contributed by atoms with E-state index in [-0.39, 0.29) is 11.3 Å². The van der Waals surface area contributed by atoms with E-state index >= 15 is 0 Å². The number of pyridine rings is 1. The zero-order chi connectivity index (χ0) is 12.7. The molecule has 0 aliphatic carbocycles. The van der Waals surface area contributed by atoms with Gasteiger partial charge in [0.25, 0.3) is 0 Å². The molecule has 1 atom stereocenters. The first-order valence-electron chi connectivity index (χ1n) is 6.11. The highest BCUT2D eigenvalue weighted by atomic mass is 14.9. The molecule has 0 aromatic carbocycles. The van der Waals surface area contributed by atoms with Crippen molar-refractivity contribution in [1.82, 2.24) is 10.3 Å². The van der Waals surface area contributed by atoms with E-state index in [2.05, 4.69) is 30.2 Å². The molecule has 0 radical (unpaired) electrons. The second-order valence-corrected chi connectivity index (χ2v) is 4.98. The lowest BCUT2D eigenvalue weighted by Gasteiger charge is -2.26. The molecule has 0 saturated carbocycles. The monoisotopic (exact) mass is 231 g/mol. The van der Waals surface area contributed by atoms with E-state index in [1.54, 1.807) is 0 Å². The van der Waals surface area contributed by atoms with Gasteiger partial charge in [-0.15, -0.1) is 0 Å². The molecular formula is C14H21N3. The van der Waals surface area contributed by atoms with Gasteiger partial charge < -0.3 is 5.32 Å². The van der Waals surface area contributed by atoms with Gasteiger partial charge in [0, 0.05) is 30.9 Å². The summed E-state index contributed by atoms with van der Waals surface area (Å²) in [7, 11) is 0. The summed E-state index contributed by atoms with van der Waals surface area (Å²) in [6.45, 7) is 8.08. The molecule has 0 saturated heterocycles. The van der Waals surface area contributed by atoms with Gasteiger partial charge in [0.1, 0.15) is 0 Å². The summed E-state index contributed by atoms with van der Waals surface area (Å²) >= 11 is 0. The molecule has 17 heavy (non-hydrogen) atoms. The summed E-state index contributed by atoms with van der Waals surface area (Å²) in [5, 5.41) is 12.3. The Morgan fingerprint density at radius 3 is 2.59 bits per heavy atom. The fraction of sp³-hybridized carbons (Fsp3) is 0.571. The van der Waals surface area contributed by atoms with Crippen LogP contribution >= 0.6 is 0 Å². The van der Waals surface area contributed by atoms with Gasteiger partial charge in [-0.05, 0) is 24.1 Å². The third-order valence-electron chi connectivity index (χ3n) is 3.09. The molecule has 1 rings (SSSR count). The minimum atomic E-state index is 0.0662. The third-order valence-corrected chi connectivity index (χ3v) is 3.09. The van der Waals surface area contributed by atoms with E-state index in [0.717, 1.165) is 19.5 Å². The molecule has 1 aromatic heterocycles. The highest BCUT2D eigenvalue weighted by Crippen LogP contribution is 2.21. The molecule has 1 aromatic rings. The maximum absolute atomic E-state index is 8.87. The molecule has 0 aliphatic rings. The lowest BCUT2D eigenvalue weighted by molar-refractivity contribution is 0.444. The molecule has 92 valence electrons. The van der Waals surface area contributed by atoms with Crippen molar-refractivity contribution in [2.45, 2.75) is 32.6 Å². The maximum atomic E-state index is 8.87. The van der Waals surface area contributed by atoms with Gasteiger partial charge in [0.05, 0.1) is 12.0 Å². The zero-order valence-corrected chi connectivity index (χ0v) is 10.9. The molecular weight excluding hydrogens is 210 g/mol. The fourth-order valence-corrected chi connectivity index (χ4v) is 1.75. The zero-order valence-electron chi connectivity index (χ0n) is 10.9. The van der Waals surface area contributed by atoms with Crippen LogP contribution in [0.3, 0.4) is 0 Å². The van der Waals surface area contributed by atoms with Crippen molar-refractivity contribution in [2.75, 3.05) is 13.1 Å². The molecule has 0 bridgehead atoms. The van der Waals surface area contributed by atoms with E-state index in [1.807, 2.05) is 31.5 Å². The van der Waals surface area contributed by atoms with Gasteiger partial charge in [0.2, 0.25) is 0 Å². The minimum absolute atomic E-state index is 0.0662. The first-order chi connectivity index (χ1) is 8.10. The van der Waals surface area contributed by atoms with Crippen LogP contribution in [0.4, 0.5) is 0 Å². The Labute approximate surface area is 104 Å². The summed E-state index contributed by atoms with van der Waals surface area (Å²) in [5.74, 6) is 0.114. The smallest absolute Gasteiger partial charge is 0.0669 e. The van der Waals surface area contributed by atoms with Crippen LogP contribution in [-0.4, -0.2) is 18.1 Å². The van der Waals surface area contributed by atoms with Crippen molar-refractivity contribution < 1.29 is 0 Å². The van der Waals surface area contributed by atoms with Crippen LogP contribution < -0.4 is 5.32 Å². The van der Waals surface area contributed by atoms with Gasteiger partial charge in [0.15, 0.2) is 0 Å². The predicted octanol–water partition coefficient (Wildman–Crippen LogP) is 2.50. The van der Waals surface area contributed by atoms with Crippen LogP contribution in [0.5, 0.6) is 0 Å². The molecule has 0 fully saturated rings. The lowest BCUT2D eigenvalue weighted by Crippen LogP contribution is -2.35. The van der Waals surface area contributed by atoms with Crippen molar-refractivity contribution in [2.24, 2.45) is 5.92 Å². The molecule has 0 spiro atoms. The minimum Gasteiger partial charge on any atom is -0.315 e. The van der Waals surface area contributed by atoms with Crippen molar-refractivity contribution in [3.05, 3.63) is 30.1 Å². The Morgan fingerprint density at radius 2 is 2.06 bits per heavy atom. The Kier molecular flexibility index (Phi) is 5.11. The number of hydrogen-bond donors (Lipinski definition) is 1. The molecule has 1 unspecified atom stereocenters. The number of nitriles is 1. The van der Waals surface area contributed by atoms with E-state index < -0.39 is 0 Å². The third kappa shape index (κ3) is 4.16. The average Bonchev–Trinajstić information content (AvgIpc) is 2.36. The summed E-state index contributed by atoms with van der Waals surface area (Å²) in [5.41, 5.74) is 1.33. The van der Waals surface area contributed by atoms with Gasteiger partial charge in [-0.25, -0.2) is 0 Å². The number of nitrogens with one attached hydrogen (secondary N) is 1. The van der Waals surface area contributed by atoms with Gasteiger partial charge >= 0.3 is 0 Å². The SMILES string of the molecule is CCC(C#N)CNCC(C)(C)c1ccncc1. The number of hydrogen-bond acceptors (Lipinski definition) is 3. The van der Waals surface area contributed by atoms with Crippen molar-refractivity contribution >= 4 is 0 Å². The number of aromatic nitrogens is 1. The Morgan fingerprint density at radius 1 is 1.41 bits per heavy atom. The first-order valence-corrected chi connectivity index (χ1v) is 6.11. The highest BCUT2D eigenvalue weighted by Gasteiger charge is 2.20. The van der Waals surface area contributed by atoms with Crippen molar-refractivity contribution in [3.8, 4) is 6.07 Å². The Hall–Kier alpha value is -1.40. The summed E-state index contributed by atoms with van der Waals surface area (Å²) in [4.78, 5) is 4.03. The summed E-state index contributed by atoms with van der Waals surface area (Å²) in [6, 6.07) is 6.40. The van der Waals surface area contributed by atoms with Crippen LogP contribution in [-0.2, 0) is 5.41 Å². The predicted molar refractivity (Wildman–Crippen MR) is 69.5 cm³/mol. The molecule has 0 aliphatic heterocycles. The topological polar surface area (TPSA) is 48.7 Å². The average molecular weight is 231 g/mol. The lowest BCUT2D eigenvalue weighted by atomic mass is 9.85. The Balaban J connectivity index is 2.49. The molecule has 3 nitrogen and oxygen atoms in total. The van der Waals surface area contributed by atoms with E-state index in [4.69, 9.17) is 5.26 Å². The van der Waals surface area contributed by atoms with Crippen LogP contribution in [0.15, 0.2) is 24.5 Å². The highest BCUT2D eigenvalue weighted by molar-refractivity contribution is 5.20. The van der Waals surface area contributed by atoms with Gasteiger partial charge in [-0.3, -0.25) is 4.98 Å². The van der Waals surface area contributed by atoms with Crippen molar-refractivity contribution in [1.29, 1.82) is 5.26 Å². The number of rotatable bonds is 6. The second-order valence-electron chi connectivity index (χ2n) is 4.98. The standard InChI is InChI=1S/C14H21N3/c1-4-12(9-15)10-17-11-14(2,3)13-5-7-16-8-6-13/h5-8,12,17H,4,10-11H2,1-3H3. The van der Waals surface area contributed by atoms with Gasteiger partial charge in [-0.1, -0.05) is 20.8 Å². The summed E-state index contributed by atoms with van der Waals surface area (Å²) < 4.78 is 0. The van der Waals surface area contributed by atoms with Crippen LogP contribution in [0.2, 0.25) is 0 Å². The quantitative estimate of drug-likeness (QED) is 0.818. The van der Waals surface area contributed by atoms with E-state index in [0.29, 0.717) is 0 Å². The van der Waals surface area contributed by atoms with Crippen molar-refractivity contribution in [3.63, 3.8) is 0 Å².